The molecule has 2 aromatic heterocycles. The summed E-state index contributed by atoms with van der Waals surface area (Å²) in [6.45, 7) is 3.02. The highest BCUT2D eigenvalue weighted by molar-refractivity contribution is 7.99. The van der Waals surface area contributed by atoms with Gasteiger partial charge in [0.2, 0.25) is 5.91 Å². The molecule has 0 bridgehead atoms. The van der Waals surface area contributed by atoms with Crippen molar-refractivity contribution in [3.8, 4) is 12.1 Å². The fourth-order valence-electron chi connectivity index (χ4n) is 3.56. The van der Waals surface area contributed by atoms with Crippen LogP contribution in [0.2, 0.25) is 0 Å². The number of hydrogen-bond donors (Lipinski definition) is 0. The predicted octanol–water partition coefficient (Wildman–Crippen LogP) is 3.10. The van der Waals surface area contributed by atoms with Crippen LogP contribution in [0.3, 0.4) is 0 Å². The molecule has 0 atom stereocenters. The van der Waals surface area contributed by atoms with Crippen molar-refractivity contribution in [1.29, 1.82) is 10.5 Å². The van der Waals surface area contributed by atoms with Crippen molar-refractivity contribution in [3.63, 3.8) is 0 Å². The van der Waals surface area contributed by atoms with E-state index in [-0.39, 0.29) is 30.1 Å². The number of aromatic nitrogens is 2. The second kappa shape index (κ2) is 9.91. The number of aryl methyl sites for hydroxylation is 2. The van der Waals surface area contributed by atoms with Crippen LogP contribution in [0.4, 0.5) is 0 Å². The Morgan fingerprint density at radius 3 is 2.59 bits per heavy atom. The van der Waals surface area contributed by atoms with Gasteiger partial charge in [-0.15, -0.1) is 11.3 Å². The summed E-state index contributed by atoms with van der Waals surface area (Å²) in [6, 6.07) is 4.07. The quantitative estimate of drug-likeness (QED) is 0.472. The molecule has 0 N–H and O–H groups in total. The lowest BCUT2D eigenvalue weighted by Gasteiger charge is -2.20. The third-order valence-electron chi connectivity index (χ3n) is 5.02. The highest BCUT2D eigenvalue weighted by Gasteiger charge is 2.22. The fourth-order valence-corrected chi connectivity index (χ4v) is 5.83. The van der Waals surface area contributed by atoms with Crippen LogP contribution in [0.5, 0.6) is 0 Å². The van der Waals surface area contributed by atoms with Crippen molar-refractivity contribution < 1.29 is 4.79 Å². The Labute approximate surface area is 177 Å². The molecule has 152 valence electrons. The predicted molar refractivity (Wildman–Crippen MR) is 114 cm³/mol. The van der Waals surface area contributed by atoms with Gasteiger partial charge in [-0.1, -0.05) is 11.8 Å². The Kier molecular flexibility index (Phi) is 7.29. The molecular formula is C20H23N5O2S2. The molecule has 7 nitrogen and oxygen atoms in total. The number of hydrogen-bond acceptors (Lipinski definition) is 7. The van der Waals surface area contributed by atoms with Gasteiger partial charge in [0.1, 0.15) is 4.83 Å². The maximum atomic E-state index is 13.1. The second-order valence-electron chi connectivity index (χ2n) is 6.82. The zero-order chi connectivity index (χ0) is 20.8. The normalized spacial score (nSPS) is 12.9. The summed E-state index contributed by atoms with van der Waals surface area (Å²) in [5.74, 6) is -0.0251. The number of carbonyl (C=O) groups excluding carboxylic acids is 1. The van der Waals surface area contributed by atoms with E-state index in [2.05, 4.69) is 0 Å². The van der Waals surface area contributed by atoms with Crippen molar-refractivity contribution in [3.05, 3.63) is 20.8 Å². The molecule has 1 aliphatic rings. The summed E-state index contributed by atoms with van der Waals surface area (Å²) in [5.41, 5.74) is 1.15. The summed E-state index contributed by atoms with van der Waals surface area (Å²) in [7, 11) is 0. The molecule has 0 saturated carbocycles. The Balaban J connectivity index is 1.84. The van der Waals surface area contributed by atoms with Gasteiger partial charge in [0.15, 0.2) is 5.16 Å². The molecule has 0 radical (unpaired) electrons. The number of nitriles is 2. The van der Waals surface area contributed by atoms with E-state index in [1.807, 2.05) is 19.1 Å². The summed E-state index contributed by atoms with van der Waals surface area (Å²) in [4.78, 5) is 34.1. The summed E-state index contributed by atoms with van der Waals surface area (Å²) in [5, 5.41) is 18.9. The van der Waals surface area contributed by atoms with E-state index < -0.39 is 0 Å². The van der Waals surface area contributed by atoms with E-state index in [0.29, 0.717) is 24.8 Å². The van der Waals surface area contributed by atoms with Gasteiger partial charge in [0.25, 0.3) is 5.56 Å². The zero-order valence-electron chi connectivity index (χ0n) is 16.4. The van der Waals surface area contributed by atoms with Crippen molar-refractivity contribution in [2.75, 3.05) is 18.8 Å². The highest BCUT2D eigenvalue weighted by atomic mass is 32.2. The van der Waals surface area contributed by atoms with Crippen molar-refractivity contribution >= 4 is 39.2 Å². The molecule has 9 heteroatoms. The molecule has 0 unspecified atom stereocenters. The number of thioether (sulfide) groups is 1. The molecule has 1 aliphatic carbocycles. The molecule has 0 spiro atoms. The zero-order valence-corrected chi connectivity index (χ0v) is 18.1. The molecule has 0 fully saturated rings. The number of nitrogens with zero attached hydrogens (tertiary/aromatic N) is 5. The fraction of sp³-hybridized carbons (Fsp3) is 0.550. The van der Waals surface area contributed by atoms with E-state index in [1.165, 1.54) is 27.1 Å². The van der Waals surface area contributed by atoms with Gasteiger partial charge in [-0.3, -0.25) is 14.2 Å². The first-order chi connectivity index (χ1) is 14.1. The van der Waals surface area contributed by atoms with Crippen LogP contribution in [0, 0.1) is 22.7 Å². The second-order valence-corrected chi connectivity index (χ2v) is 8.85. The lowest BCUT2D eigenvalue weighted by molar-refractivity contribution is -0.128. The van der Waals surface area contributed by atoms with Crippen LogP contribution in [0.15, 0.2) is 9.95 Å². The third kappa shape index (κ3) is 4.63. The maximum absolute atomic E-state index is 13.1. The molecule has 3 rings (SSSR count). The number of fused-ring (bicyclic) bond motifs is 3. The van der Waals surface area contributed by atoms with Gasteiger partial charge in [0.05, 0.1) is 36.1 Å². The standard InChI is InChI=1S/C20H23N5O2S2/c1-2-25-19(27)17-14-7-3-4-8-15(14)29-18(17)23-20(25)28-13-16(26)24(11-5-9-21)12-6-10-22/h2-8,11-13H2,1H3. The molecule has 0 aliphatic heterocycles. The number of amides is 1. The van der Waals surface area contributed by atoms with Crippen LogP contribution in [-0.2, 0) is 24.2 Å². The van der Waals surface area contributed by atoms with Crippen LogP contribution in [-0.4, -0.2) is 39.2 Å². The molecule has 1 amide bonds. The van der Waals surface area contributed by atoms with Crippen LogP contribution >= 0.6 is 23.1 Å². The van der Waals surface area contributed by atoms with E-state index in [9.17, 15) is 9.59 Å². The summed E-state index contributed by atoms with van der Waals surface area (Å²) >= 11 is 2.86. The molecule has 29 heavy (non-hydrogen) atoms. The minimum Gasteiger partial charge on any atom is -0.340 e. The van der Waals surface area contributed by atoms with E-state index in [1.54, 1.807) is 15.9 Å². The first kappa shape index (κ1) is 21.4. The number of rotatable bonds is 8. The minimum absolute atomic E-state index is 0.0160. The monoisotopic (exact) mass is 429 g/mol. The Morgan fingerprint density at radius 1 is 1.24 bits per heavy atom. The molecular weight excluding hydrogens is 406 g/mol. The number of carbonyl (C=O) groups is 1. The smallest absolute Gasteiger partial charge is 0.263 e. The van der Waals surface area contributed by atoms with Crippen molar-refractivity contribution in [2.45, 2.75) is 57.1 Å². The summed E-state index contributed by atoms with van der Waals surface area (Å²) < 4.78 is 1.65. The molecule has 2 heterocycles. The van der Waals surface area contributed by atoms with Gasteiger partial charge in [-0.05, 0) is 38.2 Å². The average molecular weight is 430 g/mol. The third-order valence-corrected chi connectivity index (χ3v) is 7.17. The SMILES string of the molecule is CCn1c(SCC(=O)N(CCC#N)CCC#N)nc2sc3c(c2c1=O)CCCC3. The first-order valence-electron chi connectivity index (χ1n) is 9.80. The Bertz CT molecular complexity index is 1030. The van der Waals surface area contributed by atoms with Gasteiger partial charge in [-0.25, -0.2) is 4.98 Å². The maximum Gasteiger partial charge on any atom is 0.263 e. The van der Waals surface area contributed by atoms with Gasteiger partial charge in [0, 0.05) is 24.5 Å². The topological polar surface area (TPSA) is 103 Å². The molecule has 0 saturated heterocycles. The first-order valence-corrected chi connectivity index (χ1v) is 11.6. The lowest BCUT2D eigenvalue weighted by atomic mass is 9.97. The summed E-state index contributed by atoms with van der Waals surface area (Å²) in [6.07, 6.45) is 4.66. The van der Waals surface area contributed by atoms with E-state index >= 15 is 0 Å². The van der Waals surface area contributed by atoms with Crippen LogP contribution in [0.25, 0.3) is 10.2 Å². The van der Waals surface area contributed by atoms with Gasteiger partial charge < -0.3 is 4.90 Å². The van der Waals surface area contributed by atoms with Gasteiger partial charge in [-0.2, -0.15) is 10.5 Å². The van der Waals surface area contributed by atoms with Crippen molar-refractivity contribution in [2.24, 2.45) is 0 Å². The largest absolute Gasteiger partial charge is 0.340 e. The molecule has 0 aromatic carbocycles. The van der Waals surface area contributed by atoms with Crippen LogP contribution in [0.1, 0.15) is 43.0 Å². The van der Waals surface area contributed by atoms with E-state index in [0.717, 1.165) is 35.9 Å². The Hall–Kier alpha value is -2.36. The highest BCUT2D eigenvalue weighted by Crippen LogP contribution is 2.34. The minimum atomic E-state index is -0.150. The van der Waals surface area contributed by atoms with Gasteiger partial charge >= 0.3 is 0 Å². The number of thiophene rings is 1. The lowest BCUT2D eigenvalue weighted by Crippen LogP contribution is -2.34. The average Bonchev–Trinajstić information content (AvgIpc) is 3.10. The van der Waals surface area contributed by atoms with Crippen molar-refractivity contribution in [1.82, 2.24) is 14.5 Å². The van der Waals surface area contributed by atoms with Crippen LogP contribution < -0.4 is 5.56 Å². The Morgan fingerprint density at radius 2 is 1.93 bits per heavy atom. The molecule has 2 aromatic rings. The van der Waals surface area contributed by atoms with E-state index in [4.69, 9.17) is 15.5 Å².